The van der Waals surface area contributed by atoms with E-state index >= 15 is 0 Å². The summed E-state index contributed by atoms with van der Waals surface area (Å²) in [7, 11) is 0. The third-order valence-electron chi connectivity index (χ3n) is 4.12. The molecule has 0 aromatic carbocycles. The summed E-state index contributed by atoms with van der Waals surface area (Å²) in [6, 6.07) is 0. The molecule has 0 unspecified atom stereocenters. The summed E-state index contributed by atoms with van der Waals surface area (Å²) in [5.41, 5.74) is 1.12. The van der Waals surface area contributed by atoms with Crippen LogP contribution in [0.15, 0.2) is 0 Å². The highest BCUT2D eigenvalue weighted by Crippen LogP contribution is 2.58. The van der Waals surface area contributed by atoms with Gasteiger partial charge in [0.25, 0.3) is 0 Å². The minimum absolute atomic E-state index is 0.562. The van der Waals surface area contributed by atoms with Crippen molar-refractivity contribution in [1.82, 2.24) is 5.32 Å². The predicted octanol–water partition coefficient (Wildman–Crippen LogP) is 0.776. The van der Waals surface area contributed by atoms with Crippen molar-refractivity contribution in [2.75, 3.05) is 26.3 Å². The van der Waals surface area contributed by atoms with E-state index in [1.807, 2.05) is 0 Å². The Labute approximate surface area is 67.3 Å². The number of hydrogen-bond donors (Lipinski definition) is 1. The van der Waals surface area contributed by atoms with Crippen molar-refractivity contribution in [2.45, 2.75) is 19.3 Å². The van der Waals surface area contributed by atoms with Crippen LogP contribution in [0.4, 0.5) is 0 Å². The zero-order chi connectivity index (χ0) is 7.36. The lowest BCUT2D eigenvalue weighted by Gasteiger charge is -2.29. The van der Waals surface area contributed by atoms with Gasteiger partial charge < -0.3 is 10.1 Å². The largest absolute Gasteiger partial charge is 0.380 e. The molecule has 2 heterocycles. The molecule has 2 saturated heterocycles. The summed E-state index contributed by atoms with van der Waals surface area (Å²) in [6.45, 7) is 4.49. The third-order valence-corrected chi connectivity index (χ3v) is 4.12. The van der Waals surface area contributed by atoms with Gasteiger partial charge in [-0.1, -0.05) is 6.42 Å². The molecule has 0 aromatic rings. The molecule has 1 saturated carbocycles. The Balaban J connectivity index is 2.06. The quantitative estimate of drug-likeness (QED) is 0.555. The maximum atomic E-state index is 5.62. The summed E-state index contributed by atoms with van der Waals surface area (Å²) in [5, 5.41) is 3.53. The lowest BCUT2D eigenvalue weighted by Crippen LogP contribution is -2.34. The van der Waals surface area contributed by atoms with E-state index in [0.717, 1.165) is 13.2 Å². The minimum atomic E-state index is 0.562. The third kappa shape index (κ3) is 0.574. The highest BCUT2D eigenvalue weighted by Gasteiger charge is 2.61. The predicted molar refractivity (Wildman–Crippen MR) is 42.4 cm³/mol. The Morgan fingerprint density at radius 1 is 1.00 bits per heavy atom. The van der Waals surface area contributed by atoms with Crippen molar-refractivity contribution >= 4 is 0 Å². The summed E-state index contributed by atoms with van der Waals surface area (Å²) >= 11 is 0. The van der Waals surface area contributed by atoms with Gasteiger partial charge in [0, 0.05) is 23.9 Å². The lowest BCUT2D eigenvalue weighted by molar-refractivity contribution is 0.141. The number of hydrogen-bond acceptors (Lipinski definition) is 2. The van der Waals surface area contributed by atoms with Crippen molar-refractivity contribution in [2.24, 2.45) is 10.8 Å². The normalized spacial score (nSPS) is 54.5. The average Bonchev–Trinajstić information content (AvgIpc) is 2.40. The molecule has 3 aliphatic rings. The van der Waals surface area contributed by atoms with Crippen LogP contribution in [0.1, 0.15) is 19.3 Å². The van der Waals surface area contributed by atoms with Crippen LogP contribution in [0.2, 0.25) is 0 Å². The first-order chi connectivity index (χ1) is 5.37. The fourth-order valence-electron chi connectivity index (χ4n) is 3.38. The first-order valence-electron chi connectivity index (χ1n) is 4.66. The van der Waals surface area contributed by atoms with Crippen molar-refractivity contribution in [1.29, 1.82) is 0 Å². The summed E-state index contributed by atoms with van der Waals surface area (Å²) < 4.78 is 5.62. The van der Waals surface area contributed by atoms with Crippen LogP contribution < -0.4 is 5.32 Å². The molecule has 3 fully saturated rings. The molecule has 3 rings (SSSR count). The van der Waals surface area contributed by atoms with Crippen molar-refractivity contribution in [3.05, 3.63) is 0 Å². The molecule has 2 atom stereocenters. The van der Waals surface area contributed by atoms with E-state index in [1.165, 1.54) is 32.4 Å². The average molecular weight is 153 g/mol. The van der Waals surface area contributed by atoms with E-state index in [4.69, 9.17) is 4.74 Å². The fraction of sp³-hybridized carbons (Fsp3) is 1.00. The second kappa shape index (κ2) is 1.80. The molecule has 1 aliphatic carbocycles. The van der Waals surface area contributed by atoms with E-state index < -0.39 is 0 Å². The molecule has 0 bridgehead atoms. The molecule has 0 radical (unpaired) electrons. The zero-order valence-corrected chi connectivity index (χ0v) is 6.86. The maximum absolute atomic E-state index is 5.62. The zero-order valence-electron chi connectivity index (χ0n) is 6.86. The SMILES string of the molecule is C1C[C@@]23CNC[C@]2(C1)COC3. The topological polar surface area (TPSA) is 21.3 Å². The summed E-state index contributed by atoms with van der Waals surface area (Å²) in [4.78, 5) is 0. The number of rotatable bonds is 0. The van der Waals surface area contributed by atoms with Crippen LogP contribution in [-0.4, -0.2) is 26.3 Å². The second-order valence-corrected chi connectivity index (χ2v) is 4.51. The molecule has 62 valence electrons. The van der Waals surface area contributed by atoms with E-state index in [-0.39, 0.29) is 0 Å². The van der Waals surface area contributed by atoms with Gasteiger partial charge in [-0.2, -0.15) is 0 Å². The maximum Gasteiger partial charge on any atom is 0.0541 e. The molecule has 0 spiro atoms. The van der Waals surface area contributed by atoms with Crippen LogP contribution in [0.25, 0.3) is 0 Å². The molecule has 2 heteroatoms. The molecule has 2 aliphatic heterocycles. The van der Waals surface area contributed by atoms with Gasteiger partial charge in [-0.15, -0.1) is 0 Å². The van der Waals surface area contributed by atoms with Gasteiger partial charge in [0.15, 0.2) is 0 Å². The number of ether oxygens (including phenoxy) is 1. The molecular weight excluding hydrogens is 138 g/mol. The molecule has 1 N–H and O–H groups in total. The Hall–Kier alpha value is -0.0800. The summed E-state index contributed by atoms with van der Waals surface area (Å²) in [6.07, 6.45) is 4.24. The van der Waals surface area contributed by atoms with Crippen molar-refractivity contribution in [3.63, 3.8) is 0 Å². The van der Waals surface area contributed by atoms with Crippen molar-refractivity contribution in [3.8, 4) is 0 Å². The van der Waals surface area contributed by atoms with E-state index in [2.05, 4.69) is 5.32 Å². The summed E-state index contributed by atoms with van der Waals surface area (Å²) in [5.74, 6) is 0. The highest BCUT2D eigenvalue weighted by atomic mass is 16.5. The molecular formula is C9H15NO. The van der Waals surface area contributed by atoms with Gasteiger partial charge in [0.05, 0.1) is 13.2 Å². The van der Waals surface area contributed by atoms with Gasteiger partial charge in [0.1, 0.15) is 0 Å². The van der Waals surface area contributed by atoms with Gasteiger partial charge in [-0.25, -0.2) is 0 Å². The van der Waals surface area contributed by atoms with E-state index in [0.29, 0.717) is 10.8 Å². The van der Waals surface area contributed by atoms with Gasteiger partial charge in [-0.3, -0.25) is 0 Å². The smallest absolute Gasteiger partial charge is 0.0541 e. The Morgan fingerprint density at radius 3 is 2.27 bits per heavy atom. The van der Waals surface area contributed by atoms with Crippen LogP contribution in [0, 0.1) is 10.8 Å². The number of nitrogens with one attached hydrogen (secondary N) is 1. The standard InChI is InChI=1S/C9H15NO/c1-2-8-4-10-5-9(8,3-1)7-11-6-8/h10H,1-7H2/t8-,9+. The monoisotopic (exact) mass is 153 g/mol. The highest BCUT2D eigenvalue weighted by molar-refractivity contribution is 5.12. The molecule has 0 aromatic heterocycles. The van der Waals surface area contributed by atoms with Gasteiger partial charge >= 0.3 is 0 Å². The molecule has 2 nitrogen and oxygen atoms in total. The molecule has 11 heavy (non-hydrogen) atoms. The van der Waals surface area contributed by atoms with Crippen LogP contribution >= 0.6 is 0 Å². The Bertz CT molecular complexity index is 143. The van der Waals surface area contributed by atoms with E-state index in [9.17, 15) is 0 Å². The first-order valence-corrected chi connectivity index (χ1v) is 4.66. The van der Waals surface area contributed by atoms with Gasteiger partial charge in [0.2, 0.25) is 0 Å². The molecule has 0 amide bonds. The van der Waals surface area contributed by atoms with Crippen LogP contribution in [0.3, 0.4) is 0 Å². The van der Waals surface area contributed by atoms with Crippen LogP contribution in [0.5, 0.6) is 0 Å². The Morgan fingerprint density at radius 2 is 1.64 bits per heavy atom. The van der Waals surface area contributed by atoms with Crippen molar-refractivity contribution < 1.29 is 4.74 Å². The fourth-order valence-corrected chi connectivity index (χ4v) is 3.38. The Kier molecular flexibility index (Phi) is 1.06. The minimum Gasteiger partial charge on any atom is -0.380 e. The first kappa shape index (κ1) is 6.44. The lowest BCUT2D eigenvalue weighted by atomic mass is 9.71. The van der Waals surface area contributed by atoms with E-state index in [1.54, 1.807) is 0 Å². The van der Waals surface area contributed by atoms with Gasteiger partial charge in [-0.05, 0) is 12.8 Å². The van der Waals surface area contributed by atoms with Crippen LogP contribution in [-0.2, 0) is 4.74 Å². The second-order valence-electron chi connectivity index (χ2n) is 4.51.